The first kappa shape index (κ1) is 14.5. The van der Waals surface area contributed by atoms with Gasteiger partial charge in [-0.05, 0) is 36.2 Å². The van der Waals surface area contributed by atoms with Crippen LogP contribution in [0.3, 0.4) is 0 Å². The van der Waals surface area contributed by atoms with Crippen molar-refractivity contribution >= 4 is 0 Å². The minimum Gasteiger partial charge on any atom is -0.494 e. The highest BCUT2D eigenvalue weighted by atomic mass is 19.1. The van der Waals surface area contributed by atoms with Crippen molar-refractivity contribution in [2.24, 2.45) is 0 Å². The molecule has 2 rings (SSSR count). The third-order valence-corrected chi connectivity index (χ3v) is 3.00. The van der Waals surface area contributed by atoms with Gasteiger partial charge < -0.3 is 9.84 Å². The molecule has 0 aromatic heterocycles. The van der Waals surface area contributed by atoms with E-state index >= 15 is 0 Å². The van der Waals surface area contributed by atoms with Crippen LogP contribution in [0.4, 0.5) is 8.78 Å². The second-order valence-electron chi connectivity index (χ2n) is 4.46. The number of rotatable bonds is 5. The van der Waals surface area contributed by atoms with E-state index in [0.717, 1.165) is 11.8 Å². The highest BCUT2D eigenvalue weighted by Crippen LogP contribution is 2.22. The fourth-order valence-corrected chi connectivity index (χ4v) is 1.97. The van der Waals surface area contributed by atoms with Gasteiger partial charge in [-0.25, -0.2) is 8.78 Å². The summed E-state index contributed by atoms with van der Waals surface area (Å²) < 4.78 is 31.6. The molecule has 2 aromatic carbocycles. The van der Waals surface area contributed by atoms with E-state index in [-0.39, 0.29) is 12.0 Å². The molecule has 0 amide bonds. The fraction of sp³-hybridized carbons (Fsp3) is 0.250. The molecular weight excluding hydrogens is 262 g/mol. The molecule has 0 aliphatic carbocycles. The monoisotopic (exact) mass is 278 g/mol. The predicted octanol–water partition coefficient (Wildman–Crippen LogP) is 3.64. The lowest BCUT2D eigenvalue weighted by Gasteiger charge is -2.12. The van der Waals surface area contributed by atoms with Gasteiger partial charge in [-0.2, -0.15) is 0 Å². The van der Waals surface area contributed by atoms with Crippen LogP contribution < -0.4 is 4.74 Å². The Bertz CT molecular complexity index is 567. The first-order valence-electron chi connectivity index (χ1n) is 6.45. The quantitative estimate of drug-likeness (QED) is 0.904. The van der Waals surface area contributed by atoms with Crippen LogP contribution in [0.1, 0.15) is 24.2 Å². The Balaban J connectivity index is 2.09. The summed E-state index contributed by atoms with van der Waals surface area (Å²) in [5, 5.41) is 10.1. The predicted molar refractivity (Wildman–Crippen MR) is 72.6 cm³/mol. The molecule has 0 saturated carbocycles. The number of halogens is 2. The Morgan fingerprint density at radius 1 is 1.10 bits per heavy atom. The van der Waals surface area contributed by atoms with Gasteiger partial charge in [-0.3, -0.25) is 0 Å². The van der Waals surface area contributed by atoms with Crippen LogP contribution in [0.25, 0.3) is 0 Å². The molecule has 0 bridgehead atoms. The maximum absolute atomic E-state index is 13.5. The van der Waals surface area contributed by atoms with Crippen molar-refractivity contribution in [3.63, 3.8) is 0 Å². The van der Waals surface area contributed by atoms with Crippen molar-refractivity contribution in [1.82, 2.24) is 0 Å². The average molecular weight is 278 g/mol. The summed E-state index contributed by atoms with van der Waals surface area (Å²) >= 11 is 0. The lowest BCUT2D eigenvalue weighted by Crippen LogP contribution is -2.04. The topological polar surface area (TPSA) is 29.5 Å². The van der Waals surface area contributed by atoms with Gasteiger partial charge in [0.05, 0.1) is 12.7 Å². The third kappa shape index (κ3) is 3.54. The summed E-state index contributed by atoms with van der Waals surface area (Å²) in [5.41, 5.74) is 0.949. The molecule has 1 unspecified atom stereocenters. The Morgan fingerprint density at radius 3 is 2.40 bits per heavy atom. The van der Waals surface area contributed by atoms with Gasteiger partial charge in [0, 0.05) is 12.5 Å². The van der Waals surface area contributed by atoms with Crippen LogP contribution in [-0.4, -0.2) is 11.7 Å². The molecule has 0 radical (unpaired) electrons. The summed E-state index contributed by atoms with van der Waals surface area (Å²) in [5.74, 6) is -0.548. The van der Waals surface area contributed by atoms with Crippen molar-refractivity contribution in [3.8, 4) is 5.75 Å². The van der Waals surface area contributed by atoms with Gasteiger partial charge in [0.1, 0.15) is 17.4 Å². The molecule has 2 aromatic rings. The van der Waals surface area contributed by atoms with Crippen molar-refractivity contribution in [2.45, 2.75) is 19.4 Å². The lowest BCUT2D eigenvalue weighted by atomic mass is 10.0. The molecule has 106 valence electrons. The van der Waals surface area contributed by atoms with Crippen LogP contribution in [0, 0.1) is 11.6 Å². The first-order chi connectivity index (χ1) is 9.60. The maximum Gasteiger partial charge on any atom is 0.129 e. The second kappa shape index (κ2) is 6.48. The zero-order valence-corrected chi connectivity index (χ0v) is 11.1. The van der Waals surface area contributed by atoms with Gasteiger partial charge in [-0.15, -0.1) is 0 Å². The number of ether oxygens (including phenoxy) is 1. The third-order valence-electron chi connectivity index (χ3n) is 3.00. The molecular formula is C16H16F2O2. The molecule has 0 heterocycles. The molecule has 0 fully saturated rings. The summed E-state index contributed by atoms with van der Waals surface area (Å²) in [6, 6.07) is 10.3. The van der Waals surface area contributed by atoms with Gasteiger partial charge in [0.25, 0.3) is 0 Å². The normalized spacial score (nSPS) is 12.2. The van der Waals surface area contributed by atoms with E-state index in [1.807, 2.05) is 6.92 Å². The van der Waals surface area contributed by atoms with Crippen LogP contribution in [0.5, 0.6) is 5.75 Å². The van der Waals surface area contributed by atoms with E-state index in [2.05, 4.69) is 0 Å². The second-order valence-corrected chi connectivity index (χ2v) is 4.46. The Labute approximate surface area is 116 Å². The Hall–Kier alpha value is -1.94. The highest BCUT2D eigenvalue weighted by Gasteiger charge is 2.12. The SMILES string of the molecule is CCOc1ccc(C(O)Cc2ccc(F)cc2F)cc1. The summed E-state index contributed by atoms with van der Waals surface area (Å²) in [6.45, 7) is 2.46. The molecule has 0 spiro atoms. The van der Waals surface area contributed by atoms with E-state index in [1.165, 1.54) is 12.1 Å². The molecule has 0 aliphatic rings. The van der Waals surface area contributed by atoms with Gasteiger partial charge in [0.15, 0.2) is 0 Å². The Kier molecular flexibility index (Phi) is 4.69. The van der Waals surface area contributed by atoms with Gasteiger partial charge in [-0.1, -0.05) is 18.2 Å². The number of aliphatic hydroxyl groups excluding tert-OH is 1. The summed E-state index contributed by atoms with van der Waals surface area (Å²) in [4.78, 5) is 0. The Morgan fingerprint density at radius 2 is 1.80 bits per heavy atom. The average Bonchev–Trinajstić information content (AvgIpc) is 2.43. The largest absolute Gasteiger partial charge is 0.494 e. The smallest absolute Gasteiger partial charge is 0.129 e. The molecule has 20 heavy (non-hydrogen) atoms. The highest BCUT2D eigenvalue weighted by molar-refractivity contribution is 5.30. The molecule has 0 saturated heterocycles. The van der Waals surface area contributed by atoms with E-state index in [0.29, 0.717) is 12.2 Å². The minimum atomic E-state index is -0.842. The van der Waals surface area contributed by atoms with Crippen LogP contribution in [0.2, 0.25) is 0 Å². The zero-order chi connectivity index (χ0) is 14.5. The van der Waals surface area contributed by atoms with Gasteiger partial charge >= 0.3 is 0 Å². The molecule has 1 N–H and O–H groups in total. The standard InChI is InChI=1S/C16H16F2O2/c1-2-20-14-7-4-11(5-8-14)16(19)9-12-3-6-13(17)10-15(12)18/h3-8,10,16,19H,2,9H2,1H3. The lowest BCUT2D eigenvalue weighted by molar-refractivity contribution is 0.177. The van der Waals surface area contributed by atoms with Crippen molar-refractivity contribution in [3.05, 3.63) is 65.2 Å². The van der Waals surface area contributed by atoms with E-state index < -0.39 is 17.7 Å². The first-order valence-corrected chi connectivity index (χ1v) is 6.45. The number of hydrogen-bond acceptors (Lipinski definition) is 2. The minimum absolute atomic E-state index is 0.0973. The number of benzene rings is 2. The maximum atomic E-state index is 13.5. The zero-order valence-electron chi connectivity index (χ0n) is 11.1. The molecule has 2 nitrogen and oxygen atoms in total. The number of aliphatic hydroxyl groups is 1. The van der Waals surface area contributed by atoms with Crippen LogP contribution in [-0.2, 0) is 6.42 Å². The van der Waals surface area contributed by atoms with Crippen molar-refractivity contribution in [2.75, 3.05) is 6.61 Å². The number of hydrogen-bond donors (Lipinski definition) is 1. The van der Waals surface area contributed by atoms with E-state index in [4.69, 9.17) is 4.74 Å². The fourth-order valence-electron chi connectivity index (χ4n) is 1.97. The van der Waals surface area contributed by atoms with Crippen molar-refractivity contribution in [1.29, 1.82) is 0 Å². The summed E-state index contributed by atoms with van der Waals surface area (Å²) in [6.07, 6.45) is -0.745. The van der Waals surface area contributed by atoms with Crippen LogP contribution in [0.15, 0.2) is 42.5 Å². The van der Waals surface area contributed by atoms with Gasteiger partial charge in [0.2, 0.25) is 0 Å². The molecule has 0 aliphatic heterocycles. The van der Waals surface area contributed by atoms with E-state index in [9.17, 15) is 13.9 Å². The van der Waals surface area contributed by atoms with E-state index in [1.54, 1.807) is 24.3 Å². The molecule has 4 heteroatoms. The summed E-state index contributed by atoms with van der Waals surface area (Å²) in [7, 11) is 0. The van der Waals surface area contributed by atoms with Crippen LogP contribution >= 0.6 is 0 Å². The van der Waals surface area contributed by atoms with Crippen molar-refractivity contribution < 1.29 is 18.6 Å². The molecule has 1 atom stereocenters.